The summed E-state index contributed by atoms with van der Waals surface area (Å²) >= 11 is 12.7. The largest absolute Gasteiger partial charge is 0.489 e. The lowest BCUT2D eigenvalue weighted by Crippen LogP contribution is -2.16. The van der Waals surface area contributed by atoms with Gasteiger partial charge in [-0.1, -0.05) is 29.3 Å². The maximum absolute atomic E-state index is 13.4. The highest BCUT2D eigenvalue weighted by molar-refractivity contribution is 6.35. The van der Waals surface area contributed by atoms with Gasteiger partial charge in [-0.05, 0) is 66.8 Å². The van der Waals surface area contributed by atoms with Crippen LogP contribution in [0.25, 0.3) is 0 Å². The standard InChI is InChI=1S/C29H26Cl2F2N2O7/c30-21-12-34-13-22(31)20(21)11-25(18-6-8-24(42-29(32)33)27(9-18)40-15-17-3-4-17)41-28(36)19-5-7-23(35(37)38)26(10-19)39-14-16-1-2-16/h5-10,12-13,16-17,25,29H,1-4,11,14-15H2/t25-/m0/s1. The predicted molar refractivity (Wildman–Crippen MR) is 149 cm³/mol. The Bertz CT molecular complexity index is 1450. The second kappa shape index (κ2) is 13.1. The zero-order valence-electron chi connectivity index (χ0n) is 22.1. The van der Waals surface area contributed by atoms with Crippen molar-refractivity contribution in [1.29, 1.82) is 0 Å². The second-order valence-electron chi connectivity index (χ2n) is 10.2. The summed E-state index contributed by atoms with van der Waals surface area (Å²) in [5, 5.41) is 12.0. The number of esters is 1. The maximum Gasteiger partial charge on any atom is 0.387 e. The van der Waals surface area contributed by atoms with E-state index in [4.69, 9.17) is 37.4 Å². The molecule has 0 radical (unpaired) electrons. The first-order valence-corrected chi connectivity index (χ1v) is 14.0. The van der Waals surface area contributed by atoms with Crippen molar-refractivity contribution >= 4 is 34.9 Å². The molecule has 1 aromatic heterocycles. The molecule has 0 N–H and O–H groups in total. The Hall–Kier alpha value is -3.70. The van der Waals surface area contributed by atoms with Gasteiger partial charge in [-0.15, -0.1) is 0 Å². The molecule has 2 aliphatic carbocycles. The molecule has 1 heterocycles. The Balaban J connectivity index is 1.46. The average molecular weight is 623 g/mol. The van der Waals surface area contributed by atoms with Crippen molar-refractivity contribution in [3.8, 4) is 17.2 Å². The number of aromatic nitrogens is 1. The van der Waals surface area contributed by atoms with Gasteiger partial charge < -0.3 is 18.9 Å². The molecular weight excluding hydrogens is 597 g/mol. The van der Waals surface area contributed by atoms with Gasteiger partial charge in [0.1, 0.15) is 6.10 Å². The molecule has 9 nitrogen and oxygen atoms in total. The van der Waals surface area contributed by atoms with Crippen LogP contribution in [-0.2, 0) is 11.2 Å². The Labute approximate surface area is 249 Å². The van der Waals surface area contributed by atoms with Crippen LogP contribution in [0.15, 0.2) is 48.8 Å². The summed E-state index contributed by atoms with van der Waals surface area (Å²) in [5.41, 5.74) is 0.584. The van der Waals surface area contributed by atoms with Crippen LogP contribution in [-0.4, -0.2) is 35.7 Å². The van der Waals surface area contributed by atoms with Crippen molar-refractivity contribution in [2.45, 2.75) is 44.8 Å². The maximum atomic E-state index is 13.4. The number of halogens is 4. The van der Waals surface area contributed by atoms with Gasteiger partial charge >= 0.3 is 18.3 Å². The normalized spacial score (nSPS) is 15.3. The van der Waals surface area contributed by atoms with Crippen LogP contribution in [0, 0.1) is 22.0 Å². The molecule has 1 atom stereocenters. The topological polar surface area (TPSA) is 110 Å². The van der Waals surface area contributed by atoms with E-state index < -0.39 is 23.6 Å². The smallest absolute Gasteiger partial charge is 0.387 e. The Morgan fingerprint density at radius 2 is 1.60 bits per heavy atom. The monoisotopic (exact) mass is 622 g/mol. The number of ether oxygens (including phenoxy) is 4. The molecule has 5 rings (SSSR count). The zero-order valence-corrected chi connectivity index (χ0v) is 23.7. The fourth-order valence-corrected chi connectivity index (χ4v) is 4.69. The van der Waals surface area contributed by atoms with Crippen LogP contribution in [0.3, 0.4) is 0 Å². The first-order chi connectivity index (χ1) is 20.2. The number of pyridine rings is 1. The first-order valence-electron chi connectivity index (χ1n) is 13.3. The zero-order chi connectivity index (χ0) is 29.8. The molecule has 3 aromatic rings. The van der Waals surface area contributed by atoms with Crippen molar-refractivity contribution in [3.05, 3.63) is 85.6 Å². The number of nitro groups is 1. The van der Waals surface area contributed by atoms with Crippen LogP contribution in [0.1, 0.15) is 53.3 Å². The van der Waals surface area contributed by atoms with Crippen LogP contribution in [0.5, 0.6) is 17.2 Å². The SMILES string of the molecule is O=C(O[C@@H](Cc1c(Cl)cncc1Cl)c1ccc(OC(F)F)c(OCC2CC2)c1)c1ccc([N+](=O)[O-])c(OCC2CC2)c1. The number of carbonyl (C=O) groups excluding carboxylic acids is 1. The third kappa shape index (κ3) is 7.77. The van der Waals surface area contributed by atoms with Crippen LogP contribution in [0.4, 0.5) is 14.5 Å². The summed E-state index contributed by atoms with van der Waals surface area (Å²) in [6, 6.07) is 8.00. The van der Waals surface area contributed by atoms with Gasteiger partial charge in [-0.3, -0.25) is 15.1 Å². The number of nitro benzene ring substituents is 1. The van der Waals surface area contributed by atoms with Crippen LogP contribution < -0.4 is 14.2 Å². The summed E-state index contributed by atoms with van der Waals surface area (Å²) in [6.45, 7) is -2.44. The van der Waals surface area contributed by atoms with E-state index in [9.17, 15) is 23.7 Å². The van der Waals surface area contributed by atoms with E-state index in [2.05, 4.69) is 9.72 Å². The summed E-state index contributed by atoms with van der Waals surface area (Å²) in [5.74, 6) is -0.281. The highest BCUT2D eigenvalue weighted by Gasteiger charge is 2.28. The van der Waals surface area contributed by atoms with Crippen molar-refractivity contribution in [2.75, 3.05) is 13.2 Å². The lowest BCUT2D eigenvalue weighted by molar-refractivity contribution is -0.385. The van der Waals surface area contributed by atoms with Gasteiger partial charge in [-0.25, -0.2) is 4.79 Å². The van der Waals surface area contributed by atoms with Crippen LogP contribution in [0.2, 0.25) is 10.0 Å². The fourth-order valence-electron chi connectivity index (χ4n) is 4.17. The van der Waals surface area contributed by atoms with Gasteiger partial charge in [0.15, 0.2) is 17.2 Å². The van der Waals surface area contributed by atoms with E-state index in [1.807, 2.05) is 0 Å². The number of hydrogen-bond donors (Lipinski definition) is 0. The average Bonchev–Trinajstić information content (AvgIpc) is 3.88. The second-order valence-corrected chi connectivity index (χ2v) is 11.0. The minimum Gasteiger partial charge on any atom is -0.489 e. The highest BCUT2D eigenvalue weighted by Crippen LogP contribution is 2.39. The third-order valence-electron chi connectivity index (χ3n) is 6.88. The number of alkyl halides is 2. The molecule has 0 saturated heterocycles. The van der Waals surface area contributed by atoms with Gasteiger partial charge in [0.05, 0.1) is 33.7 Å². The first kappa shape index (κ1) is 29.8. The molecule has 42 heavy (non-hydrogen) atoms. The Kier molecular flexibility index (Phi) is 9.27. The van der Waals surface area contributed by atoms with E-state index in [-0.39, 0.29) is 45.0 Å². The fraction of sp³-hybridized carbons (Fsp3) is 0.379. The van der Waals surface area contributed by atoms with E-state index in [0.29, 0.717) is 36.2 Å². The van der Waals surface area contributed by atoms with E-state index in [1.165, 1.54) is 48.8 Å². The molecule has 0 unspecified atom stereocenters. The molecule has 0 bridgehead atoms. The summed E-state index contributed by atoms with van der Waals surface area (Å²) in [6.07, 6.45) is 5.68. The van der Waals surface area contributed by atoms with Gasteiger partial charge in [-0.2, -0.15) is 8.78 Å². The molecule has 0 aliphatic heterocycles. The minimum atomic E-state index is -3.07. The van der Waals surface area contributed by atoms with E-state index >= 15 is 0 Å². The Morgan fingerprint density at radius 3 is 2.19 bits per heavy atom. The van der Waals surface area contributed by atoms with Gasteiger partial charge in [0.2, 0.25) is 0 Å². The van der Waals surface area contributed by atoms with Gasteiger partial charge in [0, 0.05) is 30.9 Å². The molecule has 0 spiro atoms. The van der Waals surface area contributed by atoms with Crippen molar-refractivity contribution in [3.63, 3.8) is 0 Å². The number of hydrogen-bond acceptors (Lipinski definition) is 8. The molecule has 0 amide bonds. The van der Waals surface area contributed by atoms with Crippen molar-refractivity contribution < 1.29 is 37.4 Å². The minimum absolute atomic E-state index is 0.00105. The Morgan fingerprint density at radius 1 is 0.952 bits per heavy atom. The quantitative estimate of drug-likeness (QED) is 0.103. The molecule has 2 aliphatic rings. The molecule has 2 saturated carbocycles. The molecular formula is C29H26Cl2F2N2O7. The van der Waals surface area contributed by atoms with Gasteiger partial charge in [0.25, 0.3) is 0 Å². The molecule has 13 heteroatoms. The van der Waals surface area contributed by atoms with E-state index in [0.717, 1.165) is 25.7 Å². The summed E-state index contributed by atoms with van der Waals surface area (Å²) < 4.78 is 48.2. The lowest BCUT2D eigenvalue weighted by Gasteiger charge is -2.22. The number of benzene rings is 2. The number of rotatable bonds is 14. The number of nitrogens with zero attached hydrogens (tertiary/aromatic N) is 2. The van der Waals surface area contributed by atoms with Crippen LogP contribution >= 0.6 is 23.2 Å². The van der Waals surface area contributed by atoms with Crippen molar-refractivity contribution in [2.24, 2.45) is 11.8 Å². The predicted octanol–water partition coefficient (Wildman–Crippen LogP) is 7.62. The summed E-state index contributed by atoms with van der Waals surface area (Å²) in [4.78, 5) is 28.3. The lowest BCUT2D eigenvalue weighted by atomic mass is 10.0. The molecule has 2 aromatic carbocycles. The number of carbonyl (C=O) groups is 1. The third-order valence-corrected chi connectivity index (χ3v) is 7.53. The highest BCUT2D eigenvalue weighted by atomic mass is 35.5. The molecule has 2 fully saturated rings. The molecule has 222 valence electrons. The summed E-state index contributed by atoms with van der Waals surface area (Å²) in [7, 11) is 0. The van der Waals surface area contributed by atoms with Crippen molar-refractivity contribution in [1.82, 2.24) is 4.98 Å². The van der Waals surface area contributed by atoms with E-state index in [1.54, 1.807) is 0 Å².